The molecular weight excluding hydrogens is 326 g/mol. The van der Waals surface area contributed by atoms with Crippen LogP contribution in [-0.4, -0.2) is 46.1 Å². The molecule has 0 saturated carbocycles. The third kappa shape index (κ3) is 4.71. The van der Waals surface area contributed by atoms with Crippen LogP contribution in [0.25, 0.3) is 0 Å². The largest absolute Gasteiger partial charge is 0.462 e. The van der Waals surface area contributed by atoms with Crippen molar-refractivity contribution in [2.24, 2.45) is 0 Å². The first-order chi connectivity index (χ1) is 10.7. The van der Waals surface area contributed by atoms with Gasteiger partial charge in [-0.05, 0) is 27.0 Å². The van der Waals surface area contributed by atoms with Crippen molar-refractivity contribution in [1.29, 1.82) is 0 Å². The van der Waals surface area contributed by atoms with Crippen molar-refractivity contribution < 1.29 is 22.9 Å². The average Bonchev–Trinajstić information content (AvgIpc) is 2.47. The fraction of sp³-hybridized carbons (Fsp3) is 0.462. The SMILES string of the molecule is CCOC(=O)c1cc(S(=O)(=O)NCCNC)cc([N+](=O)[O-])c1C. The van der Waals surface area contributed by atoms with Gasteiger partial charge in [-0.15, -0.1) is 0 Å². The first-order valence-corrected chi connectivity index (χ1v) is 8.33. The van der Waals surface area contributed by atoms with Crippen LogP contribution in [0, 0.1) is 17.0 Å². The van der Waals surface area contributed by atoms with Crippen molar-refractivity contribution in [3.05, 3.63) is 33.4 Å². The summed E-state index contributed by atoms with van der Waals surface area (Å²) in [7, 11) is -2.32. The molecular formula is C13H19N3O6S. The van der Waals surface area contributed by atoms with E-state index in [1.165, 1.54) is 6.92 Å². The third-order valence-corrected chi connectivity index (χ3v) is 4.46. The molecule has 1 rings (SSSR count). The fourth-order valence-corrected chi connectivity index (χ4v) is 2.91. The maximum absolute atomic E-state index is 12.2. The Hall–Kier alpha value is -2.04. The van der Waals surface area contributed by atoms with Gasteiger partial charge < -0.3 is 10.1 Å². The number of sulfonamides is 1. The number of ether oxygens (including phenoxy) is 1. The zero-order chi connectivity index (χ0) is 17.6. The fourth-order valence-electron chi connectivity index (χ4n) is 1.83. The summed E-state index contributed by atoms with van der Waals surface area (Å²) in [5, 5.41) is 13.9. The molecule has 0 atom stereocenters. The highest BCUT2D eigenvalue weighted by Gasteiger charge is 2.26. The van der Waals surface area contributed by atoms with E-state index < -0.39 is 26.6 Å². The Kier molecular flexibility index (Phi) is 6.61. The van der Waals surface area contributed by atoms with Crippen molar-refractivity contribution >= 4 is 21.7 Å². The quantitative estimate of drug-likeness (QED) is 0.305. The Bertz CT molecular complexity index is 702. The molecule has 0 fully saturated rings. The van der Waals surface area contributed by atoms with E-state index in [1.807, 2.05) is 0 Å². The van der Waals surface area contributed by atoms with Crippen LogP contribution >= 0.6 is 0 Å². The number of likely N-dealkylation sites (N-methyl/N-ethyl adjacent to an activating group) is 1. The second-order valence-corrected chi connectivity index (χ2v) is 6.36. The first-order valence-electron chi connectivity index (χ1n) is 6.85. The molecule has 0 aliphatic rings. The van der Waals surface area contributed by atoms with E-state index >= 15 is 0 Å². The van der Waals surface area contributed by atoms with Gasteiger partial charge in [0, 0.05) is 24.7 Å². The van der Waals surface area contributed by atoms with Crippen molar-refractivity contribution in [3.63, 3.8) is 0 Å². The number of hydrogen-bond acceptors (Lipinski definition) is 7. The van der Waals surface area contributed by atoms with Crippen LogP contribution in [0.1, 0.15) is 22.8 Å². The van der Waals surface area contributed by atoms with Gasteiger partial charge in [-0.2, -0.15) is 0 Å². The highest BCUT2D eigenvalue weighted by atomic mass is 32.2. The Morgan fingerprint density at radius 1 is 1.35 bits per heavy atom. The second kappa shape index (κ2) is 7.99. The number of rotatable bonds is 8. The van der Waals surface area contributed by atoms with Gasteiger partial charge in [0.05, 0.1) is 22.0 Å². The Labute approximate surface area is 134 Å². The Morgan fingerprint density at radius 3 is 2.52 bits per heavy atom. The van der Waals surface area contributed by atoms with E-state index in [4.69, 9.17) is 4.74 Å². The smallest absolute Gasteiger partial charge is 0.338 e. The van der Waals surface area contributed by atoms with Gasteiger partial charge in [0.1, 0.15) is 0 Å². The van der Waals surface area contributed by atoms with Gasteiger partial charge in [-0.1, -0.05) is 0 Å². The highest BCUT2D eigenvalue weighted by molar-refractivity contribution is 7.89. The lowest BCUT2D eigenvalue weighted by Gasteiger charge is -2.11. The molecule has 0 aliphatic carbocycles. The van der Waals surface area contributed by atoms with E-state index in [2.05, 4.69) is 10.0 Å². The van der Waals surface area contributed by atoms with E-state index in [1.54, 1.807) is 14.0 Å². The number of nitro groups is 1. The normalized spacial score (nSPS) is 11.3. The minimum absolute atomic E-state index is 0.0580. The predicted octanol–water partition coefficient (Wildman–Crippen LogP) is 0.578. The van der Waals surface area contributed by atoms with Crippen LogP contribution in [0.2, 0.25) is 0 Å². The molecule has 0 amide bonds. The molecule has 1 aromatic rings. The minimum Gasteiger partial charge on any atom is -0.462 e. The van der Waals surface area contributed by atoms with Gasteiger partial charge in [-0.3, -0.25) is 10.1 Å². The summed E-state index contributed by atoms with van der Waals surface area (Å²) < 4.78 is 31.5. The lowest BCUT2D eigenvalue weighted by molar-refractivity contribution is -0.385. The molecule has 0 bridgehead atoms. The van der Waals surface area contributed by atoms with Gasteiger partial charge in [-0.25, -0.2) is 17.9 Å². The molecule has 0 spiro atoms. The summed E-state index contributed by atoms with van der Waals surface area (Å²) in [5.74, 6) is -0.805. The molecule has 0 unspecified atom stereocenters. The molecule has 9 nitrogen and oxygen atoms in total. The lowest BCUT2D eigenvalue weighted by Crippen LogP contribution is -2.30. The number of carbonyl (C=O) groups is 1. The molecule has 0 aromatic heterocycles. The van der Waals surface area contributed by atoms with Gasteiger partial charge >= 0.3 is 5.97 Å². The van der Waals surface area contributed by atoms with Crippen LogP contribution < -0.4 is 10.0 Å². The maximum Gasteiger partial charge on any atom is 0.338 e. The van der Waals surface area contributed by atoms with E-state index in [0.717, 1.165) is 12.1 Å². The monoisotopic (exact) mass is 345 g/mol. The van der Waals surface area contributed by atoms with Crippen LogP contribution in [0.5, 0.6) is 0 Å². The molecule has 0 radical (unpaired) electrons. The molecule has 2 N–H and O–H groups in total. The summed E-state index contributed by atoms with van der Waals surface area (Å²) in [6, 6.07) is 2.02. The minimum atomic E-state index is -3.98. The van der Waals surface area contributed by atoms with Crippen molar-refractivity contribution in [2.45, 2.75) is 18.7 Å². The van der Waals surface area contributed by atoms with E-state index in [0.29, 0.717) is 6.54 Å². The van der Waals surface area contributed by atoms with Crippen LogP contribution in [0.3, 0.4) is 0 Å². The first kappa shape index (κ1) is 19.0. The summed E-state index contributed by atoms with van der Waals surface area (Å²) in [4.78, 5) is 21.9. The molecule has 23 heavy (non-hydrogen) atoms. The lowest BCUT2D eigenvalue weighted by atomic mass is 10.1. The highest BCUT2D eigenvalue weighted by Crippen LogP contribution is 2.27. The Balaban J connectivity index is 3.38. The van der Waals surface area contributed by atoms with Gasteiger partial charge in [0.25, 0.3) is 5.69 Å². The topological polar surface area (TPSA) is 128 Å². The standard InChI is InChI=1S/C13H19N3O6S/c1-4-22-13(17)11-7-10(8-12(9(11)2)16(18)19)23(20,21)15-6-5-14-3/h7-8,14-15H,4-6H2,1-3H3. The number of hydrogen-bond donors (Lipinski definition) is 2. The third-order valence-electron chi connectivity index (χ3n) is 3.02. The number of esters is 1. The molecule has 0 aliphatic heterocycles. The average molecular weight is 345 g/mol. The summed E-state index contributed by atoms with van der Waals surface area (Å²) in [5.41, 5.74) is -0.540. The van der Waals surface area contributed by atoms with Gasteiger partial charge in [0.15, 0.2) is 0 Å². The van der Waals surface area contributed by atoms with Crippen molar-refractivity contribution in [2.75, 3.05) is 26.7 Å². The van der Waals surface area contributed by atoms with Crippen molar-refractivity contribution in [1.82, 2.24) is 10.0 Å². The molecule has 128 valence electrons. The van der Waals surface area contributed by atoms with Gasteiger partial charge in [0.2, 0.25) is 10.0 Å². The molecule has 10 heteroatoms. The number of carbonyl (C=O) groups excluding carboxylic acids is 1. The van der Waals surface area contributed by atoms with Crippen LogP contribution in [0.4, 0.5) is 5.69 Å². The van der Waals surface area contributed by atoms with Crippen LogP contribution in [0.15, 0.2) is 17.0 Å². The van der Waals surface area contributed by atoms with Crippen molar-refractivity contribution in [3.8, 4) is 0 Å². The number of benzene rings is 1. The molecule has 0 saturated heterocycles. The Morgan fingerprint density at radius 2 is 2.00 bits per heavy atom. The maximum atomic E-state index is 12.2. The van der Waals surface area contributed by atoms with Crippen LogP contribution in [-0.2, 0) is 14.8 Å². The summed E-state index contributed by atoms with van der Waals surface area (Å²) in [6.07, 6.45) is 0. The molecule has 1 aromatic carbocycles. The summed E-state index contributed by atoms with van der Waals surface area (Å²) in [6.45, 7) is 3.52. The second-order valence-electron chi connectivity index (χ2n) is 4.59. The zero-order valence-electron chi connectivity index (χ0n) is 13.1. The number of nitro benzene ring substituents is 1. The molecule has 0 heterocycles. The number of nitrogens with one attached hydrogen (secondary N) is 2. The number of nitrogens with zero attached hydrogens (tertiary/aromatic N) is 1. The predicted molar refractivity (Wildman–Crippen MR) is 82.9 cm³/mol. The van der Waals surface area contributed by atoms with E-state index in [9.17, 15) is 23.3 Å². The summed E-state index contributed by atoms with van der Waals surface area (Å²) >= 11 is 0. The zero-order valence-corrected chi connectivity index (χ0v) is 13.9. The van der Waals surface area contributed by atoms with E-state index in [-0.39, 0.29) is 29.2 Å².